The molecule has 1 atom stereocenters. The smallest absolute Gasteiger partial charge is 0.224 e. The number of aromatic nitrogens is 2. The van der Waals surface area contributed by atoms with Crippen LogP contribution < -0.4 is 10.6 Å². The van der Waals surface area contributed by atoms with Gasteiger partial charge in [-0.15, -0.1) is 0 Å². The van der Waals surface area contributed by atoms with Gasteiger partial charge in [0.15, 0.2) is 5.82 Å². The second-order valence-corrected chi connectivity index (χ2v) is 4.31. The zero-order valence-corrected chi connectivity index (χ0v) is 10.8. The SMILES string of the molecule is CCC(C)CN(CC)c1nc(Cl)ncc1N. The summed E-state index contributed by atoms with van der Waals surface area (Å²) in [5.41, 5.74) is 6.44. The molecule has 1 rings (SSSR count). The van der Waals surface area contributed by atoms with Crippen LogP contribution in [0.2, 0.25) is 5.28 Å². The molecule has 16 heavy (non-hydrogen) atoms. The first kappa shape index (κ1) is 13.0. The quantitative estimate of drug-likeness (QED) is 0.807. The molecule has 2 N–H and O–H groups in total. The highest BCUT2D eigenvalue weighted by atomic mass is 35.5. The first-order valence-electron chi connectivity index (χ1n) is 5.61. The maximum Gasteiger partial charge on any atom is 0.224 e. The summed E-state index contributed by atoms with van der Waals surface area (Å²) in [6.45, 7) is 8.26. The summed E-state index contributed by atoms with van der Waals surface area (Å²) < 4.78 is 0. The highest BCUT2D eigenvalue weighted by Gasteiger charge is 2.13. The van der Waals surface area contributed by atoms with Crippen molar-refractivity contribution in [2.24, 2.45) is 5.92 Å². The van der Waals surface area contributed by atoms with Crippen LogP contribution in [0, 0.1) is 5.92 Å². The summed E-state index contributed by atoms with van der Waals surface area (Å²) in [7, 11) is 0. The Bertz CT molecular complexity index is 343. The van der Waals surface area contributed by atoms with Gasteiger partial charge in [-0.3, -0.25) is 0 Å². The zero-order valence-electron chi connectivity index (χ0n) is 10.1. The van der Waals surface area contributed by atoms with Crippen LogP contribution >= 0.6 is 11.6 Å². The van der Waals surface area contributed by atoms with Gasteiger partial charge in [-0.1, -0.05) is 20.3 Å². The van der Waals surface area contributed by atoms with E-state index in [0.29, 0.717) is 11.6 Å². The van der Waals surface area contributed by atoms with Crippen LogP contribution in [0.25, 0.3) is 0 Å². The van der Waals surface area contributed by atoms with E-state index in [2.05, 4.69) is 35.6 Å². The minimum Gasteiger partial charge on any atom is -0.394 e. The lowest BCUT2D eigenvalue weighted by molar-refractivity contribution is 0.545. The van der Waals surface area contributed by atoms with E-state index in [1.54, 1.807) is 6.20 Å². The van der Waals surface area contributed by atoms with Gasteiger partial charge < -0.3 is 10.6 Å². The number of hydrogen-bond donors (Lipinski definition) is 1. The normalized spacial score (nSPS) is 12.5. The number of nitrogen functional groups attached to an aromatic ring is 1. The first-order valence-corrected chi connectivity index (χ1v) is 5.99. The van der Waals surface area contributed by atoms with Crippen molar-refractivity contribution in [3.8, 4) is 0 Å². The summed E-state index contributed by atoms with van der Waals surface area (Å²) in [6, 6.07) is 0. The molecule has 1 aromatic heterocycles. The Labute approximate surface area is 102 Å². The lowest BCUT2D eigenvalue weighted by Crippen LogP contribution is -2.29. The predicted molar refractivity (Wildman–Crippen MR) is 68.8 cm³/mol. The standard InChI is InChI=1S/C11H19ClN4/c1-4-8(3)7-16(5-2)10-9(13)6-14-11(12)15-10/h6,8H,4-5,7,13H2,1-3H3. The van der Waals surface area contributed by atoms with Crippen LogP contribution in [-0.2, 0) is 0 Å². The molecule has 0 saturated carbocycles. The Morgan fingerprint density at radius 1 is 1.50 bits per heavy atom. The molecule has 1 unspecified atom stereocenters. The minimum absolute atomic E-state index is 0.242. The molecule has 90 valence electrons. The third-order valence-corrected chi connectivity index (χ3v) is 2.86. The second kappa shape index (κ2) is 5.89. The van der Waals surface area contributed by atoms with E-state index in [-0.39, 0.29) is 5.28 Å². The first-order chi connectivity index (χ1) is 7.58. The molecule has 0 spiro atoms. The average Bonchev–Trinajstić information content (AvgIpc) is 2.29. The molecular weight excluding hydrogens is 224 g/mol. The highest BCUT2D eigenvalue weighted by molar-refractivity contribution is 6.28. The lowest BCUT2D eigenvalue weighted by Gasteiger charge is -2.25. The van der Waals surface area contributed by atoms with Gasteiger partial charge >= 0.3 is 0 Å². The molecular formula is C11H19ClN4. The van der Waals surface area contributed by atoms with E-state index in [9.17, 15) is 0 Å². The van der Waals surface area contributed by atoms with Crippen molar-refractivity contribution in [3.63, 3.8) is 0 Å². The van der Waals surface area contributed by atoms with Crippen LogP contribution in [0.1, 0.15) is 27.2 Å². The van der Waals surface area contributed by atoms with Crippen LogP contribution in [0.3, 0.4) is 0 Å². The monoisotopic (exact) mass is 242 g/mol. The number of nitrogens with zero attached hydrogens (tertiary/aromatic N) is 3. The van der Waals surface area contributed by atoms with E-state index in [4.69, 9.17) is 17.3 Å². The Morgan fingerprint density at radius 2 is 2.19 bits per heavy atom. The van der Waals surface area contributed by atoms with Crippen molar-refractivity contribution in [2.45, 2.75) is 27.2 Å². The van der Waals surface area contributed by atoms with E-state index in [1.807, 2.05) is 0 Å². The number of nitrogens with two attached hydrogens (primary N) is 1. The molecule has 1 aromatic rings. The molecule has 0 saturated heterocycles. The molecule has 5 heteroatoms. The van der Waals surface area contributed by atoms with Crippen molar-refractivity contribution in [1.82, 2.24) is 9.97 Å². The molecule has 0 fully saturated rings. The summed E-state index contributed by atoms with van der Waals surface area (Å²) >= 11 is 5.78. The fourth-order valence-electron chi connectivity index (χ4n) is 1.49. The van der Waals surface area contributed by atoms with E-state index in [0.717, 1.165) is 25.3 Å². The number of rotatable bonds is 5. The minimum atomic E-state index is 0.242. The van der Waals surface area contributed by atoms with Crippen molar-refractivity contribution < 1.29 is 0 Å². The largest absolute Gasteiger partial charge is 0.394 e. The summed E-state index contributed by atoms with van der Waals surface area (Å²) in [6.07, 6.45) is 2.69. The maximum atomic E-state index is 5.86. The van der Waals surface area contributed by atoms with Gasteiger partial charge in [0, 0.05) is 13.1 Å². The fraction of sp³-hybridized carbons (Fsp3) is 0.636. The fourth-order valence-corrected chi connectivity index (χ4v) is 1.61. The summed E-state index contributed by atoms with van der Waals surface area (Å²) in [5.74, 6) is 1.34. The maximum absolute atomic E-state index is 5.86. The van der Waals surface area contributed by atoms with Crippen LogP contribution in [0.4, 0.5) is 11.5 Å². The summed E-state index contributed by atoms with van der Waals surface area (Å²) in [5, 5.41) is 0.242. The van der Waals surface area contributed by atoms with Gasteiger partial charge in [-0.2, -0.15) is 4.98 Å². The van der Waals surface area contributed by atoms with Crippen molar-refractivity contribution in [1.29, 1.82) is 0 Å². The van der Waals surface area contributed by atoms with Crippen molar-refractivity contribution >= 4 is 23.1 Å². The van der Waals surface area contributed by atoms with Gasteiger partial charge in [-0.25, -0.2) is 4.98 Å². The second-order valence-electron chi connectivity index (χ2n) is 3.97. The average molecular weight is 243 g/mol. The molecule has 1 heterocycles. The summed E-state index contributed by atoms with van der Waals surface area (Å²) in [4.78, 5) is 10.2. The highest BCUT2D eigenvalue weighted by Crippen LogP contribution is 2.22. The van der Waals surface area contributed by atoms with Crippen molar-refractivity contribution in [2.75, 3.05) is 23.7 Å². The Balaban J connectivity index is 2.89. The molecule has 0 aliphatic heterocycles. The number of halogens is 1. The van der Waals surface area contributed by atoms with Gasteiger partial charge in [-0.05, 0) is 24.4 Å². The molecule has 0 aliphatic rings. The van der Waals surface area contributed by atoms with E-state index in [1.165, 1.54) is 0 Å². The Morgan fingerprint density at radius 3 is 2.75 bits per heavy atom. The van der Waals surface area contributed by atoms with E-state index >= 15 is 0 Å². The number of hydrogen-bond acceptors (Lipinski definition) is 4. The Hall–Kier alpha value is -1.03. The predicted octanol–water partition coefficient (Wildman–Crippen LogP) is 2.58. The zero-order chi connectivity index (χ0) is 12.1. The molecule has 0 bridgehead atoms. The van der Waals surface area contributed by atoms with Crippen LogP contribution in [0.5, 0.6) is 0 Å². The van der Waals surface area contributed by atoms with Gasteiger partial charge in [0.1, 0.15) is 0 Å². The van der Waals surface area contributed by atoms with Gasteiger partial charge in [0.2, 0.25) is 5.28 Å². The molecule has 0 radical (unpaired) electrons. The van der Waals surface area contributed by atoms with Gasteiger partial charge in [0.25, 0.3) is 0 Å². The molecule has 0 aliphatic carbocycles. The third-order valence-electron chi connectivity index (χ3n) is 2.68. The molecule has 0 amide bonds. The Kier molecular flexibility index (Phi) is 4.80. The molecule has 0 aromatic carbocycles. The van der Waals surface area contributed by atoms with Gasteiger partial charge in [0.05, 0.1) is 11.9 Å². The van der Waals surface area contributed by atoms with Crippen LogP contribution in [-0.4, -0.2) is 23.1 Å². The third kappa shape index (κ3) is 3.23. The van der Waals surface area contributed by atoms with E-state index < -0.39 is 0 Å². The van der Waals surface area contributed by atoms with Crippen molar-refractivity contribution in [3.05, 3.63) is 11.5 Å². The topological polar surface area (TPSA) is 55.0 Å². The molecule has 4 nitrogen and oxygen atoms in total. The van der Waals surface area contributed by atoms with Crippen LogP contribution in [0.15, 0.2) is 6.20 Å². The number of anilines is 2. The lowest BCUT2D eigenvalue weighted by atomic mass is 10.1.